The number of hydrogen-bond acceptors (Lipinski definition) is 5. The monoisotopic (exact) mass is 393 g/mol. The zero-order valence-corrected chi connectivity index (χ0v) is 16.5. The van der Waals surface area contributed by atoms with Crippen LogP contribution in [0.15, 0.2) is 36.5 Å². The average molecular weight is 394 g/mol. The Balaban J connectivity index is 1.24. The number of nitrogens with zero attached hydrogens (tertiary/aromatic N) is 3. The highest BCUT2D eigenvalue weighted by atomic mass is 32.1. The maximum atomic E-state index is 12.7. The van der Waals surface area contributed by atoms with Crippen molar-refractivity contribution in [1.82, 2.24) is 25.6 Å². The first-order chi connectivity index (χ1) is 13.8. The predicted octanol–water partition coefficient (Wildman–Crippen LogP) is 2.79. The Hall–Kier alpha value is -2.51. The van der Waals surface area contributed by atoms with Crippen molar-refractivity contribution in [2.24, 2.45) is 0 Å². The van der Waals surface area contributed by atoms with Gasteiger partial charge in [-0.1, -0.05) is 29.5 Å². The predicted molar refractivity (Wildman–Crippen MR) is 109 cm³/mol. The lowest BCUT2D eigenvalue weighted by molar-refractivity contribution is 0.0954. The molecule has 1 atom stereocenters. The van der Waals surface area contributed by atoms with Crippen LogP contribution in [0.4, 0.5) is 0 Å². The molecule has 0 bridgehead atoms. The Morgan fingerprint density at radius 2 is 2.18 bits per heavy atom. The molecule has 3 aromatic rings. The van der Waals surface area contributed by atoms with Crippen LogP contribution in [0.5, 0.6) is 0 Å². The van der Waals surface area contributed by atoms with Gasteiger partial charge in [0, 0.05) is 10.9 Å². The van der Waals surface area contributed by atoms with Crippen LogP contribution in [0, 0.1) is 0 Å². The highest BCUT2D eigenvalue weighted by Crippen LogP contribution is 2.39. The highest BCUT2D eigenvalue weighted by Gasteiger charge is 2.21. The fourth-order valence-electron chi connectivity index (χ4n) is 4.09. The Morgan fingerprint density at radius 1 is 1.29 bits per heavy atom. The van der Waals surface area contributed by atoms with Crippen LogP contribution in [0.2, 0.25) is 0 Å². The van der Waals surface area contributed by atoms with Crippen molar-refractivity contribution >= 4 is 17.2 Å². The Kier molecular flexibility index (Phi) is 4.70. The number of carbonyl (C=O) groups is 1. The van der Waals surface area contributed by atoms with Gasteiger partial charge in [-0.3, -0.25) is 9.48 Å². The maximum Gasteiger partial charge on any atom is 0.261 e. The molecule has 0 radical (unpaired) electrons. The number of rotatable bonds is 5. The minimum absolute atomic E-state index is 0.0381. The summed E-state index contributed by atoms with van der Waals surface area (Å²) >= 11 is 1.59. The maximum absolute atomic E-state index is 12.7. The number of aryl methyl sites for hydroxylation is 2. The number of thiophene rings is 1. The molecule has 6 nitrogen and oxygen atoms in total. The van der Waals surface area contributed by atoms with Crippen LogP contribution < -0.4 is 10.6 Å². The van der Waals surface area contributed by atoms with E-state index in [9.17, 15) is 4.79 Å². The number of carbonyl (C=O) groups excluding carboxylic acids is 1. The molecular weight excluding hydrogens is 370 g/mol. The van der Waals surface area contributed by atoms with Crippen LogP contribution in [0.1, 0.15) is 39.3 Å². The molecule has 5 rings (SSSR count). The summed E-state index contributed by atoms with van der Waals surface area (Å²) in [5.74, 6) is -0.0381. The number of aromatic nitrogens is 3. The van der Waals surface area contributed by atoms with Crippen molar-refractivity contribution in [3.63, 3.8) is 0 Å². The summed E-state index contributed by atoms with van der Waals surface area (Å²) in [5.41, 5.74) is 4.72. The van der Waals surface area contributed by atoms with Crippen LogP contribution >= 0.6 is 11.3 Å². The van der Waals surface area contributed by atoms with Gasteiger partial charge in [0.05, 0.1) is 24.2 Å². The van der Waals surface area contributed by atoms with Gasteiger partial charge >= 0.3 is 0 Å². The van der Waals surface area contributed by atoms with Crippen LogP contribution in [0.3, 0.4) is 0 Å². The van der Waals surface area contributed by atoms with Crippen LogP contribution in [-0.4, -0.2) is 33.5 Å². The fourth-order valence-corrected chi connectivity index (χ4v) is 5.28. The zero-order chi connectivity index (χ0) is 18.9. The van der Waals surface area contributed by atoms with E-state index < -0.39 is 0 Å². The van der Waals surface area contributed by atoms with Crippen molar-refractivity contribution in [2.45, 2.75) is 44.8 Å². The van der Waals surface area contributed by atoms with Gasteiger partial charge in [0.25, 0.3) is 5.91 Å². The Morgan fingerprint density at radius 3 is 3.07 bits per heavy atom. The van der Waals surface area contributed by atoms with Gasteiger partial charge in [0.15, 0.2) is 0 Å². The fraction of sp³-hybridized carbons (Fsp3) is 0.381. The van der Waals surface area contributed by atoms with E-state index in [1.165, 1.54) is 34.4 Å². The second kappa shape index (κ2) is 7.48. The standard InChI is InChI=1S/C21H23N5OS/c27-21(23-11-17-13-26(25-24-17)12-16-5-3-9-22-16)19-10-15-8-7-14-4-1-2-6-18(14)20(15)28-19/h1-2,4,6,10,13,16,22H,3,5,7-9,11-12H2,(H,23,27)/t16-/m0/s1. The van der Waals surface area contributed by atoms with Crippen LogP contribution in [-0.2, 0) is 25.9 Å². The van der Waals surface area contributed by atoms with Gasteiger partial charge < -0.3 is 10.6 Å². The highest BCUT2D eigenvalue weighted by molar-refractivity contribution is 7.17. The molecule has 1 fully saturated rings. The van der Waals surface area contributed by atoms with E-state index in [0.717, 1.165) is 36.5 Å². The summed E-state index contributed by atoms with van der Waals surface area (Å²) in [6.45, 7) is 2.31. The molecule has 0 saturated carbocycles. The minimum Gasteiger partial charge on any atom is -0.346 e. The molecular formula is C21H23N5OS. The summed E-state index contributed by atoms with van der Waals surface area (Å²) in [4.78, 5) is 14.7. The normalized spacial score (nSPS) is 17.9. The smallest absolute Gasteiger partial charge is 0.261 e. The summed E-state index contributed by atoms with van der Waals surface area (Å²) in [5, 5.41) is 14.8. The molecule has 2 N–H and O–H groups in total. The first kappa shape index (κ1) is 17.6. The quantitative estimate of drug-likeness (QED) is 0.699. The number of fused-ring (bicyclic) bond motifs is 3. The van der Waals surface area contributed by atoms with Gasteiger partial charge in [0.1, 0.15) is 5.69 Å². The zero-order valence-electron chi connectivity index (χ0n) is 15.6. The van der Waals surface area contributed by atoms with Crippen molar-refractivity contribution < 1.29 is 4.79 Å². The first-order valence-electron chi connectivity index (χ1n) is 9.88. The van der Waals surface area contributed by atoms with Crippen LogP contribution in [0.25, 0.3) is 10.4 Å². The Bertz CT molecular complexity index is 1000. The molecule has 1 aliphatic carbocycles. The number of benzene rings is 1. The van der Waals surface area contributed by atoms with Gasteiger partial charge in [0.2, 0.25) is 0 Å². The molecule has 1 saturated heterocycles. The molecule has 144 valence electrons. The molecule has 1 amide bonds. The van der Waals surface area contributed by atoms with E-state index in [1.54, 1.807) is 11.3 Å². The topological polar surface area (TPSA) is 71.8 Å². The first-order valence-corrected chi connectivity index (χ1v) is 10.7. The van der Waals surface area contributed by atoms with E-state index in [4.69, 9.17) is 0 Å². The van der Waals surface area contributed by atoms with Crippen molar-refractivity contribution in [3.05, 3.63) is 58.2 Å². The lowest BCUT2D eigenvalue weighted by atomic mass is 9.91. The van der Waals surface area contributed by atoms with E-state index in [2.05, 4.69) is 45.2 Å². The number of hydrogen-bond donors (Lipinski definition) is 2. The van der Waals surface area contributed by atoms with E-state index >= 15 is 0 Å². The SMILES string of the molecule is O=C(NCc1cn(C[C@@H]2CCCN2)nn1)c1cc2c(s1)-c1ccccc1CC2. The second-order valence-electron chi connectivity index (χ2n) is 7.53. The third-order valence-electron chi connectivity index (χ3n) is 5.54. The number of amides is 1. The third kappa shape index (κ3) is 3.47. The average Bonchev–Trinajstić information content (AvgIpc) is 3.47. The minimum atomic E-state index is -0.0381. The molecule has 0 unspecified atom stereocenters. The Labute approximate surface area is 168 Å². The van der Waals surface area contributed by atoms with Gasteiger partial charge in [-0.2, -0.15) is 0 Å². The van der Waals surface area contributed by atoms with E-state index in [1.807, 2.05) is 16.9 Å². The summed E-state index contributed by atoms with van der Waals surface area (Å²) in [6.07, 6.45) is 6.37. The third-order valence-corrected chi connectivity index (χ3v) is 6.75. The number of nitrogens with one attached hydrogen (secondary N) is 2. The molecule has 7 heteroatoms. The molecule has 1 aromatic carbocycles. The molecule has 3 heterocycles. The van der Waals surface area contributed by atoms with Crippen molar-refractivity contribution in [1.29, 1.82) is 0 Å². The van der Waals surface area contributed by atoms with Gasteiger partial charge in [-0.25, -0.2) is 0 Å². The molecule has 1 aliphatic heterocycles. The summed E-state index contributed by atoms with van der Waals surface area (Å²) in [7, 11) is 0. The summed E-state index contributed by atoms with van der Waals surface area (Å²) in [6, 6.07) is 11.0. The lowest BCUT2D eigenvalue weighted by Gasteiger charge is -2.15. The summed E-state index contributed by atoms with van der Waals surface area (Å²) < 4.78 is 1.87. The van der Waals surface area contributed by atoms with E-state index in [-0.39, 0.29) is 5.91 Å². The van der Waals surface area contributed by atoms with E-state index in [0.29, 0.717) is 12.6 Å². The van der Waals surface area contributed by atoms with Crippen molar-refractivity contribution in [3.8, 4) is 10.4 Å². The van der Waals surface area contributed by atoms with Gasteiger partial charge in [-0.05, 0) is 55.0 Å². The molecule has 2 aromatic heterocycles. The van der Waals surface area contributed by atoms with Gasteiger partial charge in [-0.15, -0.1) is 16.4 Å². The largest absolute Gasteiger partial charge is 0.346 e. The molecule has 28 heavy (non-hydrogen) atoms. The molecule has 0 spiro atoms. The lowest BCUT2D eigenvalue weighted by Crippen LogP contribution is -2.27. The second-order valence-corrected chi connectivity index (χ2v) is 8.58. The molecule has 2 aliphatic rings. The van der Waals surface area contributed by atoms with Crippen molar-refractivity contribution in [2.75, 3.05) is 6.54 Å².